The van der Waals surface area contributed by atoms with Gasteiger partial charge in [0.25, 0.3) is 0 Å². The zero-order valence-corrected chi connectivity index (χ0v) is 16.6. The van der Waals surface area contributed by atoms with E-state index < -0.39 is 11.9 Å². The molecule has 2 aliphatic carbocycles. The van der Waals surface area contributed by atoms with Crippen LogP contribution in [0.5, 0.6) is 0 Å². The first-order valence-electron chi connectivity index (χ1n) is 8.92. The fourth-order valence-corrected chi connectivity index (χ4v) is 4.11. The number of fused-ring (bicyclic) bond motifs is 1. The van der Waals surface area contributed by atoms with Crippen LogP contribution in [-0.4, -0.2) is 38.2 Å². The van der Waals surface area contributed by atoms with Gasteiger partial charge in [0.15, 0.2) is 0 Å². The van der Waals surface area contributed by atoms with Crippen LogP contribution in [-0.2, 0) is 9.47 Å². The minimum absolute atomic E-state index is 0.269. The second-order valence-electron chi connectivity index (χ2n) is 6.12. The second kappa shape index (κ2) is 8.08. The standard InChI is InChI=1S/C20H22BrNO4/c1-3-25-19(23)16-14-9-7-13(22-11-5-6-12-22)8-10-15(14)17(18(16)21)20(24)26-4-2/h7-10H,3-6,11-12H2,1-2H3. The van der Waals surface area contributed by atoms with Gasteiger partial charge >= 0.3 is 11.9 Å². The highest BCUT2D eigenvalue weighted by Gasteiger charge is 2.31. The molecule has 1 aliphatic heterocycles. The van der Waals surface area contributed by atoms with E-state index in [1.807, 2.05) is 24.3 Å². The molecule has 0 spiro atoms. The zero-order valence-electron chi connectivity index (χ0n) is 15.0. The van der Waals surface area contributed by atoms with Gasteiger partial charge in [-0.05, 0) is 65.9 Å². The van der Waals surface area contributed by atoms with Gasteiger partial charge in [-0.1, -0.05) is 12.1 Å². The minimum Gasteiger partial charge on any atom is -0.462 e. The van der Waals surface area contributed by atoms with E-state index in [4.69, 9.17) is 9.47 Å². The van der Waals surface area contributed by atoms with Crippen LogP contribution >= 0.6 is 15.9 Å². The Balaban J connectivity index is 2.17. The van der Waals surface area contributed by atoms with Gasteiger partial charge in [-0.2, -0.15) is 0 Å². The summed E-state index contributed by atoms with van der Waals surface area (Å²) in [4.78, 5) is 27.3. The number of ether oxygens (including phenoxy) is 2. The van der Waals surface area contributed by atoms with Crippen molar-refractivity contribution in [2.24, 2.45) is 0 Å². The van der Waals surface area contributed by atoms with Crippen molar-refractivity contribution in [3.05, 3.63) is 39.9 Å². The molecule has 0 aromatic heterocycles. The Hall–Kier alpha value is -2.08. The van der Waals surface area contributed by atoms with E-state index in [9.17, 15) is 9.59 Å². The van der Waals surface area contributed by atoms with Gasteiger partial charge in [-0.25, -0.2) is 9.59 Å². The van der Waals surface area contributed by atoms with Crippen LogP contribution in [0.1, 0.15) is 47.4 Å². The van der Waals surface area contributed by atoms with Gasteiger partial charge in [0.1, 0.15) is 0 Å². The molecule has 0 bridgehead atoms. The summed E-state index contributed by atoms with van der Waals surface area (Å²) in [5, 5.41) is 0. The van der Waals surface area contributed by atoms with Crippen LogP contribution in [0.3, 0.4) is 0 Å². The average Bonchev–Trinajstić information content (AvgIpc) is 3.17. The Morgan fingerprint density at radius 1 is 0.923 bits per heavy atom. The van der Waals surface area contributed by atoms with Crippen molar-refractivity contribution in [1.82, 2.24) is 0 Å². The summed E-state index contributed by atoms with van der Waals surface area (Å²) in [7, 11) is 0. The number of anilines is 1. The molecule has 0 unspecified atom stereocenters. The molecule has 1 saturated heterocycles. The molecular formula is C20H22BrNO4. The molecule has 138 valence electrons. The molecule has 1 fully saturated rings. The Bertz CT molecular complexity index is 743. The first-order chi connectivity index (χ1) is 12.6. The lowest BCUT2D eigenvalue weighted by Gasteiger charge is -2.15. The molecular weight excluding hydrogens is 398 g/mol. The summed E-state index contributed by atoms with van der Waals surface area (Å²) in [6.45, 7) is 6.10. The number of carbonyl (C=O) groups is 2. The van der Waals surface area contributed by atoms with Crippen molar-refractivity contribution in [2.45, 2.75) is 26.7 Å². The van der Waals surface area contributed by atoms with Crippen molar-refractivity contribution in [3.63, 3.8) is 0 Å². The Morgan fingerprint density at radius 2 is 1.38 bits per heavy atom. The zero-order chi connectivity index (χ0) is 18.7. The van der Waals surface area contributed by atoms with Crippen LogP contribution in [0.4, 0.5) is 5.69 Å². The van der Waals surface area contributed by atoms with Gasteiger partial charge in [-0.15, -0.1) is 0 Å². The van der Waals surface area contributed by atoms with E-state index in [2.05, 4.69) is 20.8 Å². The Kier molecular flexibility index (Phi) is 5.81. The third-order valence-corrected chi connectivity index (χ3v) is 5.33. The fraction of sp³-hybridized carbons (Fsp3) is 0.400. The van der Waals surface area contributed by atoms with Crippen molar-refractivity contribution < 1.29 is 19.1 Å². The van der Waals surface area contributed by atoms with E-state index in [0.29, 0.717) is 26.7 Å². The number of hydrogen-bond donors (Lipinski definition) is 0. The third kappa shape index (κ3) is 3.43. The van der Waals surface area contributed by atoms with Crippen LogP contribution in [0, 0.1) is 0 Å². The average molecular weight is 420 g/mol. The maximum absolute atomic E-state index is 12.5. The molecule has 1 heterocycles. The van der Waals surface area contributed by atoms with Gasteiger partial charge in [-0.3, -0.25) is 0 Å². The van der Waals surface area contributed by atoms with E-state index in [1.165, 1.54) is 12.8 Å². The Labute approximate surface area is 161 Å². The molecule has 0 saturated carbocycles. The number of nitrogens with zero attached hydrogens (tertiary/aromatic N) is 1. The fourth-order valence-electron chi connectivity index (χ4n) is 3.36. The molecule has 26 heavy (non-hydrogen) atoms. The van der Waals surface area contributed by atoms with E-state index in [0.717, 1.165) is 18.8 Å². The second-order valence-corrected chi connectivity index (χ2v) is 6.91. The topological polar surface area (TPSA) is 55.8 Å². The van der Waals surface area contributed by atoms with Crippen LogP contribution < -0.4 is 4.90 Å². The van der Waals surface area contributed by atoms with Gasteiger partial charge in [0.05, 0.1) is 24.3 Å². The predicted octanol–water partition coefficient (Wildman–Crippen LogP) is 4.51. The highest BCUT2D eigenvalue weighted by Crippen LogP contribution is 2.41. The van der Waals surface area contributed by atoms with Crippen LogP contribution in [0.2, 0.25) is 0 Å². The van der Waals surface area contributed by atoms with E-state index in [-0.39, 0.29) is 13.2 Å². The summed E-state index contributed by atoms with van der Waals surface area (Å²) in [5.74, 6) is -0.900. The first-order valence-corrected chi connectivity index (χ1v) is 9.72. The molecule has 5 nitrogen and oxygen atoms in total. The smallest absolute Gasteiger partial charge is 0.339 e. The van der Waals surface area contributed by atoms with Crippen LogP contribution in [0.25, 0.3) is 11.1 Å². The summed E-state index contributed by atoms with van der Waals surface area (Å²) in [5.41, 5.74) is 3.19. The lowest BCUT2D eigenvalue weighted by atomic mass is 10.1. The molecule has 0 aromatic carbocycles. The molecule has 0 radical (unpaired) electrons. The largest absolute Gasteiger partial charge is 0.462 e. The highest BCUT2D eigenvalue weighted by atomic mass is 79.9. The molecule has 3 rings (SSSR count). The number of halogens is 1. The van der Waals surface area contributed by atoms with Crippen LogP contribution in [0.15, 0.2) is 28.7 Å². The maximum Gasteiger partial charge on any atom is 0.339 e. The van der Waals surface area contributed by atoms with Crippen molar-refractivity contribution >= 4 is 33.6 Å². The quantitative estimate of drug-likeness (QED) is 0.667. The van der Waals surface area contributed by atoms with Gasteiger partial charge in [0.2, 0.25) is 0 Å². The Morgan fingerprint density at radius 3 is 1.81 bits per heavy atom. The van der Waals surface area contributed by atoms with Gasteiger partial charge < -0.3 is 14.4 Å². The summed E-state index contributed by atoms with van der Waals surface area (Å²) < 4.78 is 10.8. The predicted molar refractivity (Wildman–Crippen MR) is 104 cm³/mol. The summed E-state index contributed by atoms with van der Waals surface area (Å²) >= 11 is 3.42. The van der Waals surface area contributed by atoms with Crippen molar-refractivity contribution in [1.29, 1.82) is 0 Å². The lowest BCUT2D eigenvalue weighted by molar-refractivity contribution is 0.0525. The molecule has 6 heteroatoms. The first kappa shape index (κ1) is 18.7. The molecule has 0 N–H and O–H groups in total. The normalized spacial score (nSPS) is 13.9. The number of esters is 2. The maximum atomic E-state index is 12.5. The SMILES string of the molecule is CCOC(=O)c1c2ccc(N3CCCC3)ccc-2c(C(=O)OCC)c1Br. The number of hydrogen-bond acceptors (Lipinski definition) is 5. The number of rotatable bonds is 5. The number of carbonyl (C=O) groups excluding carboxylic acids is 2. The molecule has 3 aliphatic rings. The van der Waals surface area contributed by atoms with E-state index in [1.54, 1.807) is 13.8 Å². The monoisotopic (exact) mass is 419 g/mol. The minimum atomic E-state index is -0.450. The molecule has 0 atom stereocenters. The van der Waals surface area contributed by atoms with Crippen molar-refractivity contribution in [2.75, 3.05) is 31.2 Å². The molecule has 0 aromatic rings. The lowest BCUT2D eigenvalue weighted by Crippen LogP contribution is -2.16. The third-order valence-electron chi connectivity index (χ3n) is 4.54. The van der Waals surface area contributed by atoms with Gasteiger partial charge in [0, 0.05) is 23.2 Å². The van der Waals surface area contributed by atoms with E-state index >= 15 is 0 Å². The summed E-state index contributed by atoms with van der Waals surface area (Å²) in [6.07, 6.45) is 2.36. The summed E-state index contributed by atoms with van der Waals surface area (Å²) in [6, 6.07) is 7.78. The highest BCUT2D eigenvalue weighted by molar-refractivity contribution is 9.10. The molecule has 0 amide bonds. The van der Waals surface area contributed by atoms with Crippen molar-refractivity contribution in [3.8, 4) is 11.1 Å².